The Hall–Kier alpha value is -3.68. The zero-order valence-corrected chi connectivity index (χ0v) is 16.7. The van der Waals surface area contributed by atoms with Crippen LogP contribution in [-0.4, -0.2) is 36.1 Å². The molecule has 150 valence electrons. The summed E-state index contributed by atoms with van der Waals surface area (Å²) in [6.07, 6.45) is 1.48. The molecule has 0 atom stereocenters. The standard InChI is InChI=1S/C21H22N4O4/c1-13(2)25-21(27)18-8-6-5-7-17(18)19(24-25)20(26)23-22-12-14-9-15(28-3)11-16(10-14)29-4/h5-13H,1-4H3,(H,23,26)/b22-12-. The van der Waals surface area contributed by atoms with Gasteiger partial charge in [0, 0.05) is 17.0 Å². The van der Waals surface area contributed by atoms with Crippen LogP contribution in [0.4, 0.5) is 0 Å². The molecule has 0 aliphatic carbocycles. The number of aromatic nitrogens is 2. The number of carbonyl (C=O) groups excluding carboxylic acids is 1. The van der Waals surface area contributed by atoms with Gasteiger partial charge in [0.15, 0.2) is 5.69 Å². The van der Waals surface area contributed by atoms with E-state index in [1.165, 1.54) is 10.9 Å². The Morgan fingerprint density at radius 2 is 1.72 bits per heavy atom. The maximum atomic E-state index is 12.7. The Kier molecular flexibility index (Phi) is 5.92. The fraction of sp³-hybridized carbons (Fsp3) is 0.238. The lowest BCUT2D eigenvalue weighted by Crippen LogP contribution is -2.30. The quantitative estimate of drug-likeness (QED) is 0.512. The molecule has 0 bridgehead atoms. The number of carbonyl (C=O) groups is 1. The molecule has 0 radical (unpaired) electrons. The third-order valence-electron chi connectivity index (χ3n) is 4.29. The summed E-state index contributed by atoms with van der Waals surface area (Å²) in [5.74, 6) is 0.698. The summed E-state index contributed by atoms with van der Waals surface area (Å²) in [5.41, 5.74) is 3.05. The monoisotopic (exact) mass is 394 g/mol. The molecule has 0 aliphatic heterocycles. The normalized spacial score (nSPS) is 11.2. The first-order valence-corrected chi connectivity index (χ1v) is 9.02. The van der Waals surface area contributed by atoms with Gasteiger partial charge in [-0.1, -0.05) is 18.2 Å². The molecule has 8 nitrogen and oxygen atoms in total. The van der Waals surface area contributed by atoms with Crippen molar-refractivity contribution in [2.24, 2.45) is 5.10 Å². The molecule has 1 N–H and O–H groups in total. The average molecular weight is 394 g/mol. The Bertz CT molecular complexity index is 1110. The van der Waals surface area contributed by atoms with E-state index in [1.807, 2.05) is 13.8 Å². The molecule has 0 unspecified atom stereocenters. The average Bonchev–Trinajstić information content (AvgIpc) is 2.73. The SMILES string of the molecule is COc1cc(/C=N\NC(=O)c2nn(C(C)C)c(=O)c3ccccc23)cc(OC)c1. The molecule has 8 heteroatoms. The van der Waals surface area contributed by atoms with Crippen molar-refractivity contribution in [1.29, 1.82) is 0 Å². The third kappa shape index (κ3) is 4.26. The fourth-order valence-corrected chi connectivity index (χ4v) is 2.85. The number of hydrogen-bond donors (Lipinski definition) is 1. The topological polar surface area (TPSA) is 94.8 Å². The van der Waals surface area contributed by atoms with Crippen molar-refractivity contribution in [3.63, 3.8) is 0 Å². The number of amides is 1. The van der Waals surface area contributed by atoms with Gasteiger partial charge >= 0.3 is 0 Å². The third-order valence-corrected chi connectivity index (χ3v) is 4.29. The summed E-state index contributed by atoms with van der Waals surface area (Å²) in [6.45, 7) is 3.67. The number of fused-ring (bicyclic) bond motifs is 1. The number of hydrazone groups is 1. The van der Waals surface area contributed by atoms with Gasteiger partial charge in [0.05, 0.1) is 31.9 Å². The van der Waals surface area contributed by atoms with E-state index in [1.54, 1.807) is 56.7 Å². The summed E-state index contributed by atoms with van der Waals surface area (Å²) in [7, 11) is 3.11. The zero-order valence-electron chi connectivity index (χ0n) is 16.7. The first kappa shape index (κ1) is 20.1. The van der Waals surface area contributed by atoms with Gasteiger partial charge in [0.1, 0.15) is 11.5 Å². The molecule has 1 amide bonds. The molecule has 1 aromatic heterocycles. The summed E-state index contributed by atoms with van der Waals surface area (Å²) in [6, 6.07) is 11.9. The van der Waals surface area contributed by atoms with Crippen molar-refractivity contribution < 1.29 is 14.3 Å². The second-order valence-electron chi connectivity index (χ2n) is 6.58. The van der Waals surface area contributed by atoms with Crippen LogP contribution < -0.4 is 20.5 Å². The van der Waals surface area contributed by atoms with Gasteiger partial charge in [0.25, 0.3) is 11.5 Å². The Balaban J connectivity index is 1.92. The summed E-state index contributed by atoms with van der Waals surface area (Å²) in [5, 5.41) is 9.18. The van der Waals surface area contributed by atoms with E-state index < -0.39 is 5.91 Å². The van der Waals surface area contributed by atoms with E-state index in [9.17, 15) is 9.59 Å². The molecule has 0 aliphatic rings. The summed E-state index contributed by atoms with van der Waals surface area (Å²) < 4.78 is 11.7. The highest BCUT2D eigenvalue weighted by Gasteiger charge is 2.17. The highest BCUT2D eigenvalue weighted by molar-refractivity contribution is 6.05. The number of methoxy groups -OCH3 is 2. The van der Waals surface area contributed by atoms with Crippen LogP contribution in [0.5, 0.6) is 11.5 Å². The summed E-state index contributed by atoms with van der Waals surface area (Å²) in [4.78, 5) is 25.3. The molecule has 2 aromatic carbocycles. The second-order valence-corrected chi connectivity index (χ2v) is 6.58. The lowest BCUT2D eigenvalue weighted by atomic mass is 10.1. The molecule has 0 saturated heterocycles. The van der Waals surface area contributed by atoms with Crippen LogP contribution in [0.3, 0.4) is 0 Å². The van der Waals surface area contributed by atoms with Crippen LogP contribution in [0.25, 0.3) is 10.8 Å². The van der Waals surface area contributed by atoms with Gasteiger partial charge in [0.2, 0.25) is 0 Å². The van der Waals surface area contributed by atoms with E-state index in [-0.39, 0.29) is 17.3 Å². The van der Waals surface area contributed by atoms with Gasteiger partial charge in [-0.3, -0.25) is 9.59 Å². The Morgan fingerprint density at radius 1 is 1.10 bits per heavy atom. The van der Waals surface area contributed by atoms with Crippen molar-refractivity contribution in [1.82, 2.24) is 15.2 Å². The first-order chi connectivity index (χ1) is 13.9. The first-order valence-electron chi connectivity index (χ1n) is 9.02. The van der Waals surface area contributed by atoms with E-state index in [4.69, 9.17) is 9.47 Å². The maximum Gasteiger partial charge on any atom is 0.292 e. The molecule has 3 rings (SSSR count). The number of nitrogens with one attached hydrogen (secondary N) is 1. The number of rotatable bonds is 6. The highest BCUT2D eigenvalue weighted by Crippen LogP contribution is 2.21. The molecule has 3 aromatic rings. The Morgan fingerprint density at radius 3 is 2.31 bits per heavy atom. The minimum atomic E-state index is -0.512. The zero-order chi connectivity index (χ0) is 21.0. The van der Waals surface area contributed by atoms with Gasteiger partial charge in [-0.15, -0.1) is 0 Å². The number of ether oxygens (including phenoxy) is 2. The molecular formula is C21H22N4O4. The molecule has 29 heavy (non-hydrogen) atoms. The van der Waals surface area contributed by atoms with E-state index >= 15 is 0 Å². The van der Waals surface area contributed by atoms with Crippen LogP contribution in [0.15, 0.2) is 52.4 Å². The summed E-state index contributed by atoms with van der Waals surface area (Å²) >= 11 is 0. The largest absolute Gasteiger partial charge is 0.497 e. The smallest absolute Gasteiger partial charge is 0.292 e. The predicted octanol–water partition coefficient (Wildman–Crippen LogP) is 2.76. The van der Waals surface area contributed by atoms with Crippen LogP contribution in [0, 0.1) is 0 Å². The minimum absolute atomic E-state index is 0.134. The van der Waals surface area contributed by atoms with Crippen LogP contribution in [0.2, 0.25) is 0 Å². The van der Waals surface area contributed by atoms with Gasteiger partial charge < -0.3 is 9.47 Å². The molecular weight excluding hydrogens is 372 g/mol. The van der Waals surface area contributed by atoms with E-state index in [2.05, 4.69) is 15.6 Å². The van der Waals surface area contributed by atoms with Gasteiger partial charge in [-0.05, 0) is 32.0 Å². The minimum Gasteiger partial charge on any atom is -0.497 e. The molecule has 1 heterocycles. The highest BCUT2D eigenvalue weighted by atomic mass is 16.5. The number of benzene rings is 2. The van der Waals surface area contributed by atoms with Crippen LogP contribution >= 0.6 is 0 Å². The van der Waals surface area contributed by atoms with Crippen molar-refractivity contribution in [2.75, 3.05) is 14.2 Å². The van der Waals surface area contributed by atoms with Crippen molar-refractivity contribution in [2.45, 2.75) is 19.9 Å². The van der Waals surface area contributed by atoms with Crippen molar-refractivity contribution in [3.8, 4) is 11.5 Å². The van der Waals surface area contributed by atoms with Crippen LogP contribution in [-0.2, 0) is 0 Å². The molecule has 0 saturated carbocycles. The maximum absolute atomic E-state index is 12.7. The van der Waals surface area contributed by atoms with Gasteiger partial charge in [-0.2, -0.15) is 10.2 Å². The second kappa shape index (κ2) is 8.55. The van der Waals surface area contributed by atoms with E-state index in [0.29, 0.717) is 27.8 Å². The molecule has 0 fully saturated rings. The predicted molar refractivity (Wildman–Crippen MR) is 111 cm³/mol. The van der Waals surface area contributed by atoms with Crippen molar-refractivity contribution in [3.05, 3.63) is 64.1 Å². The van der Waals surface area contributed by atoms with Gasteiger partial charge in [-0.25, -0.2) is 10.1 Å². The lowest BCUT2D eigenvalue weighted by Gasteiger charge is -2.12. The number of hydrogen-bond acceptors (Lipinski definition) is 6. The Labute approximate surface area is 167 Å². The molecule has 0 spiro atoms. The van der Waals surface area contributed by atoms with E-state index in [0.717, 1.165) is 0 Å². The van der Waals surface area contributed by atoms with Crippen molar-refractivity contribution >= 4 is 22.9 Å². The fourth-order valence-electron chi connectivity index (χ4n) is 2.85. The number of nitrogens with zero attached hydrogens (tertiary/aromatic N) is 3. The lowest BCUT2D eigenvalue weighted by molar-refractivity contribution is 0.0949. The van der Waals surface area contributed by atoms with Crippen LogP contribution in [0.1, 0.15) is 35.9 Å².